The number of nitrogens with zero attached hydrogens (tertiary/aromatic N) is 2. The van der Waals surface area contributed by atoms with Crippen LogP contribution in [0.25, 0.3) is 11.3 Å². The van der Waals surface area contributed by atoms with Gasteiger partial charge in [-0.3, -0.25) is 14.8 Å². The van der Waals surface area contributed by atoms with Gasteiger partial charge in [-0.05, 0) is 6.92 Å². The SMILES string of the molecule is CC(=O)Cc1nccnc1-c1ccccc1. The van der Waals surface area contributed by atoms with Crippen molar-refractivity contribution in [3.8, 4) is 11.3 Å². The van der Waals surface area contributed by atoms with E-state index >= 15 is 0 Å². The maximum atomic E-state index is 11.1. The minimum absolute atomic E-state index is 0.0951. The summed E-state index contributed by atoms with van der Waals surface area (Å²) in [5, 5.41) is 0. The molecule has 0 saturated heterocycles. The van der Waals surface area contributed by atoms with Crippen molar-refractivity contribution < 1.29 is 4.79 Å². The summed E-state index contributed by atoms with van der Waals surface area (Å²) >= 11 is 0. The van der Waals surface area contributed by atoms with Gasteiger partial charge in [-0.1, -0.05) is 30.3 Å². The third kappa shape index (κ3) is 2.31. The van der Waals surface area contributed by atoms with Gasteiger partial charge in [-0.15, -0.1) is 0 Å². The van der Waals surface area contributed by atoms with Crippen LogP contribution in [0.2, 0.25) is 0 Å². The molecule has 1 aromatic heterocycles. The highest BCUT2D eigenvalue weighted by Gasteiger charge is 2.08. The molecule has 0 bridgehead atoms. The molecular formula is C13H12N2O. The Balaban J connectivity index is 2.44. The zero-order chi connectivity index (χ0) is 11.4. The second-order valence-corrected chi connectivity index (χ2v) is 3.60. The van der Waals surface area contributed by atoms with Gasteiger partial charge in [0.15, 0.2) is 0 Å². The molecule has 0 fully saturated rings. The van der Waals surface area contributed by atoms with Crippen LogP contribution in [0.5, 0.6) is 0 Å². The molecule has 0 aliphatic rings. The first-order chi connectivity index (χ1) is 7.77. The van der Waals surface area contributed by atoms with E-state index in [9.17, 15) is 4.79 Å². The lowest BCUT2D eigenvalue weighted by molar-refractivity contribution is -0.116. The Morgan fingerprint density at radius 3 is 2.50 bits per heavy atom. The van der Waals surface area contributed by atoms with Crippen molar-refractivity contribution in [3.63, 3.8) is 0 Å². The van der Waals surface area contributed by atoms with Crippen molar-refractivity contribution in [2.45, 2.75) is 13.3 Å². The summed E-state index contributed by atoms with van der Waals surface area (Å²) in [7, 11) is 0. The molecular weight excluding hydrogens is 200 g/mol. The predicted octanol–water partition coefficient (Wildman–Crippen LogP) is 2.28. The second kappa shape index (κ2) is 4.66. The lowest BCUT2D eigenvalue weighted by Gasteiger charge is -2.05. The molecule has 0 aliphatic carbocycles. The van der Waals surface area contributed by atoms with Gasteiger partial charge in [-0.2, -0.15) is 0 Å². The number of carbonyl (C=O) groups excluding carboxylic acids is 1. The number of hydrogen-bond acceptors (Lipinski definition) is 3. The standard InChI is InChI=1S/C13H12N2O/c1-10(16)9-12-13(15-8-7-14-12)11-5-3-2-4-6-11/h2-8H,9H2,1H3. The van der Waals surface area contributed by atoms with Gasteiger partial charge >= 0.3 is 0 Å². The summed E-state index contributed by atoms with van der Waals surface area (Å²) in [5.74, 6) is 0.0951. The van der Waals surface area contributed by atoms with Crippen LogP contribution in [0.15, 0.2) is 42.7 Å². The fourth-order valence-corrected chi connectivity index (χ4v) is 1.57. The van der Waals surface area contributed by atoms with E-state index in [0.717, 1.165) is 17.0 Å². The molecule has 16 heavy (non-hydrogen) atoms. The molecule has 0 radical (unpaired) electrons. The normalized spacial score (nSPS) is 10.1. The van der Waals surface area contributed by atoms with Crippen LogP contribution in [0, 0.1) is 0 Å². The molecule has 80 valence electrons. The quantitative estimate of drug-likeness (QED) is 0.783. The van der Waals surface area contributed by atoms with Gasteiger partial charge in [-0.25, -0.2) is 0 Å². The molecule has 0 N–H and O–H groups in total. The fraction of sp³-hybridized carbons (Fsp3) is 0.154. The van der Waals surface area contributed by atoms with Gasteiger partial charge in [0.25, 0.3) is 0 Å². The summed E-state index contributed by atoms with van der Waals surface area (Å²) in [4.78, 5) is 19.6. The molecule has 1 aromatic carbocycles. The van der Waals surface area contributed by atoms with E-state index in [1.807, 2.05) is 30.3 Å². The summed E-state index contributed by atoms with van der Waals surface area (Å²) in [6.45, 7) is 1.56. The first-order valence-electron chi connectivity index (χ1n) is 5.12. The van der Waals surface area contributed by atoms with Crippen LogP contribution in [0.4, 0.5) is 0 Å². The first kappa shape index (κ1) is 10.5. The minimum atomic E-state index is 0.0951. The fourth-order valence-electron chi connectivity index (χ4n) is 1.57. The molecule has 2 aromatic rings. The van der Waals surface area contributed by atoms with Crippen LogP contribution >= 0.6 is 0 Å². The van der Waals surface area contributed by atoms with Crippen LogP contribution in [-0.2, 0) is 11.2 Å². The molecule has 0 saturated carbocycles. The number of benzene rings is 1. The molecule has 2 rings (SSSR count). The van der Waals surface area contributed by atoms with E-state index in [1.165, 1.54) is 0 Å². The average Bonchev–Trinajstić information content (AvgIpc) is 2.30. The zero-order valence-corrected chi connectivity index (χ0v) is 9.05. The summed E-state index contributed by atoms with van der Waals surface area (Å²) in [6.07, 6.45) is 3.59. The highest BCUT2D eigenvalue weighted by Crippen LogP contribution is 2.19. The maximum Gasteiger partial charge on any atom is 0.135 e. The Hall–Kier alpha value is -2.03. The lowest BCUT2D eigenvalue weighted by Crippen LogP contribution is -2.02. The van der Waals surface area contributed by atoms with Crippen molar-refractivity contribution in [1.82, 2.24) is 9.97 Å². The summed E-state index contributed by atoms with van der Waals surface area (Å²) in [5.41, 5.74) is 2.52. The maximum absolute atomic E-state index is 11.1. The van der Waals surface area contributed by atoms with Gasteiger partial charge in [0.1, 0.15) is 5.78 Å². The highest BCUT2D eigenvalue weighted by molar-refractivity contribution is 5.80. The topological polar surface area (TPSA) is 42.9 Å². The van der Waals surface area contributed by atoms with E-state index in [4.69, 9.17) is 0 Å². The van der Waals surface area contributed by atoms with Crippen LogP contribution < -0.4 is 0 Å². The van der Waals surface area contributed by atoms with Crippen molar-refractivity contribution in [3.05, 3.63) is 48.4 Å². The van der Waals surface area contributed by atoms with Gasteiger partial charge in [0, 0.05) is 18.0 Å². The number of carbonyl (C=O) groups is 1. The van der Waals surface area contributed by atoms with E-state index < -0.39 is 0 Å². The average molecular weight is 212 g/mol. The van der Waals surface area contributed by atoms with E-state index in [2.05, 4.69) is 9.97 Å². The molecule has 3 nitrogen and oxygen atoms in total. The lowest BCUT2D eigenvalue weighted by atomic mass is 10.1. The monoisotopic (exact) mass is 212 g/mol. The third-order valence-corrected chi connectivity index (χ3v) is 2.24. The molecule has 1 heterocycles. The minimum Gasteiger partial charge on any atom is -0.300 e. The molecule has 0 amide bonds. The number of hydrogen-bond donors (Lipinski definition) is 0. The Morgan fingerprint density at radius 1 is 1.12 bits per heavy atom. The van der Waals surface area contributed by atoms with Gasteiger partial charge in [0.2, 0.25) is 0 Å². The Bertz CT molecular complexity index is 494. The van der Waals surface area contributed by atoms with E-state index in [0.29, 0.717) is 6.42 Å². The highest BCUT2D eigenvalue weighted by atomic mass is 16.1. The Morgan fingerprint density at radius 2 is 1.81 bits per heavy atom. The van der Waals surface area contributed by atoms with Gasteiger partial charge < -0.3 is 0 Å². The second-order valence-electron chi connectivity index (χ2n) is 3.60. The third-order valence-electron chi connectivity index (χ3n) is 2.24. The number of ketones is 1. The first-order valence-corrected chi connectivity index (χ1v) is 5.12. The largest absolute Gasteiger partial charge is 0.300 e. The Kier molecular flexibility index (Phi) is 3.05. The van der Waals surface area contributed by atoms with Crippen molar-refractivity contribution in [1.29, 1.82) is 0 Å². The molecule has 0 unspecified atom stereocenters. The van der Waals surface area contributed by atoms with Crippen molar-refractivity contribution >= 4 is 5.78 Å². The molecule has 0 spiro atoms. The zero-order valence-electron chi connectivity index (χ0n) is 9.05. The Labute approximate surface area is 94.2 Å². The number of rotatable bonds is 3. The van der Waals surface area contributed by atoms with E-state index in [1.54, 1.807) is 19.3 Å². The van der Waals surface area contributed by atoms with E-state index in [-0.39, 0.29) is 5.78 Å². The number of aromatic nitrogens is 2. The van der Waals surface area contributed by atoms with Crippen molar-refractivity contribution in [2.24, 2.45) is 0 Å². The van der Waals surface area contributed by atoms with Crippen molar-refractivity contribution in [2.75, 3.05) is 0 Å². The van der Waals surface area contributed by atoms with Crippen LogP contribution in [-0.4, -0.2) is 15.8 Å². The summed E-state index contributed by atoms with van der Waals surface area (Å²) < 4.78 is 0. The smallest absolute Gasteiger partial charge is 0.135 e. The molecule has 3 heteroatoms. The molecule has 0 atom stereocenters. The molecule has 0 aliphatic heterocycles. The number of Topliss-reactive ketones (excluding diaryl/α,β-unsaturated/α-hetero) is 1. The van der Waals surface area contributed by atoms with Crippen LogP contribution in [0.1, 0.15) is 12.6 Å². The van der Waals surface area contributed by atoms with Gasteiger partial charge in [0.05, 0.1) is 17.8 Å². The predicted molar refractivity (Wildman–Crippen MR) is 61.9 cm³/mol. The summed E-state index contributed by atoms with van der Waals surface area (Å²) in [6, 6.07) is 9.77. The van der Waals surface area contributed by atoms with Crippen LogP contribution in [0.3, 0.4) is 0 Å².